The lowest BCUT2D eigenvalue weighted by Crippen LogP contribution is -2.31. The smallest absolute Gasteiger partial charge is 0.186 e. The van der Waals surface area contributed by atoms with E-state index < -0.39 is 12.1 Å². The SMILES string of the molecule is COC1O[C@@H](CO)[C@H]2OC(C)(C)OC12. The lowest BCUT2D eigenvalue weighted by Gasteiger charge is -2.22. The molecule has 2 rings (SSSR count). The molecule has 1 N–H and O–H groups in total. The van der Waals surface area contributed by atoms with Crippen LogP contribution in [-0.4, -0.2) is 49.2 Å². The first-order chi connectivity index (χ1) is 6.57. The first-order valence-corrected chi connectivity index (χ1v) is 4.72. The van der Waals surface area contributed by atoms with E-state index in [0.717, 1.165) is 0 Å². The van der Waals surface area contributed by atoms with Crippen LogP contribution in [0, 0.1) is 0 Å². The number of methoxy groups -OCH3 is 1. The van der Waals surface area contributed by atoms with Gasteiger partial charge in [-0.15, -0.1) is 0 Å². The van der Waals surface area contributed by atoms with E-state index in [-0.39, 0.29) is 24.9 Å². The zero-order valence-electron chi connectivity index (χ0n) is 8.60. The van der Waals surface area contributed by atoms with Gasteiger partial charge >= 0.3 is 0 Å². The van der Waals surface area contributed by atoms with Crippen LogP contribution in [0.15, 0.2) is 0 Å². The molecule has 5 nitrogen and oxygen atoms in total. The minimum atomic E-state index is -0.622. The molecular weight excluding hydrogens is 188 g/mol. The van der Waals surface area contributed by atoms with Crippen molar-refractivity contribution in [2.45, 2.75) is 44.2 Å². The van der Waals surface area contributed by atoms with Gasteiger partial charge in [0.2, 0.25) is 0 Å². The van der Waals surface area contributed by atoms with Gasteiger partial charge in [0.15, 0.2) is 12.1 Å². The van der Waals surface area contributed by atoms with Gasteiger partial charge in [-0.1, -0.05) is 0 Å². The molecular formula is C9H16O5. The Morgan fingerprint density at radius 2 is 1.93 bits per heavy atom. The minimum absolute atomic E-state index is 0.0829. The van der Waals surface area contributed by atoms with Crippen LogP contribution in [-0.2, 0) is 18.9 Å². The fourth-order valence-electron chi connectivity index (χ4n) is 1.98. The first kappa shape index (κ1) is 10.3. The summed E-state index contributed by atoms with van der Waals surface area (Å²) >= 11 is 0. The van der Waals surface area contributed by atoms with Gasteiger partial charge in [-0.05, 0) is 13.8 Å². The zero-order chi connectivity index (χ0) is 10.3. The summed E-state index contributed by atoms with van der Waals surface area (Å²) in [6, 6.07) is 0. The second kappa shape index (κ2) is 3.43. The molecule has 5 heteroatoms. The van der Waals surface area contributed by atoms with E-state index in [0.29, 0.717) is 0 Å². The molecule has 0 bridgehead atoms. The summed E-state index contributed by atoms with van der Waals surface area (Å²) in [6.07, 6.45) is -1.28. The summed E-state index contributed by atoms with van der Waals surface area (Å²) < 4.78 is 21.8. The third-order valence-electron chi connectivity index (χ3n) is 2.52. The standard InChI is InChI=1S/C9H16O5/c1-9(2)13-6-5(4-10)12-8(11-3)7(6)14-9/h5-8,10H,4H2,1-3H3/t5-,6+,7?,8?/m0/s1. The second-order valence-electron chi connectivity index (χ2n) is 4.03. The summed E-state index contributed by atoms with van der Waals surface area (Å²) in [7, 11) is 1.55. The van der Waals surface area contributed by atoms with Crippen LogP contribution in [0.4, 0.5) is 0 Å². The molecule has 2 aliphatic heterocycles. The summed E-state index contributed by atoms with van der Waals surface area (Å²) in [5, 5.41) is 9.08. The zero-order valence-corrected chi connectivity index (χ0v) is 8.60. The highest BCUT2D eigenvalue weighted by Gasteiger charge is 2.55. The van der Waals surface area contributed by atoms with E-state index in [1.807, 2.05) is 13.8 Å². The van der Waals surface area contributed by atoms with Gasteiger partial charge in [-0.3, -0.25) is 0 Å². The fraction of sp³-hybridized carbons (Fsp3) is 1.00. The molecule has 0 aromatic heterocycles. The molecule has 2 saturated heterocycles. The second-order valence-corrected chi connectivity index (χ2v) is 4.03. The van der Waals surface area contributed by atoms with Crippen LogP contribution >= 0.6 is 0 Å². The van der Waals surface area contributed by atoms with Gasteiger partial charge < -0.3 is 24.1 Å². The number of hydrogen-bond acceptors (Lipinski definition) is 5. The highest BCUT2D eigenvalue weighted by Crippen LogP contribution is 2.38. The van der Waals surface area contributed by atoms with Crippen molar-refractivity contribution < 1.29 is 24.1 Å². The Morgan fingerprint density at radius 1 is 1.29 bits per heavy atom. The van der Waals surface area contributed by atoms with Crippen molar-refractivity contribution in [1.82, 2.24) is 0 Å². The molecule has 14 heavy (non-hydrogen) atoms. The van der Waals surface area contributed by atoms with Crippen molar-refractivity contribution in [2.24, 2.45) is 0 Å². The highest BCUT2D eigenvalue weighted by atomic mass is 16.8. The third-order valence-corrected chi connectivity index (χ3v) is 2.52. The molecule has 2 heterocycles. The maximum Gasteiger partial charge on any atom is 0.186 e. The Kier molecular flexibility index (Phi) is 2.53. The Hall–Kier alpha value is -0.200. The van der Waals surface area contributed by atoms with Crippen LogP contribution in [0.5, 0.6) is 0 Å². The maximum atomic E-state index is 9.08. The average Bonchev–Trinajstić information content (AvgIpc) is 2.57. The molecule has 0 spiro atoms. The van der Waals surface area contributed by atoms with Crippen molar-refractivity contribution in [1.29, 1.82) is 0 Å². The van der Waals surface area contributed by atoms with Crippen LogP contribution in [0.25, 0.3) is 0 Å². The predicted molar refractivity (Wildman–Crippen MR) is 46.6 cm³/mol. The van der Waals surface area contributed by atoms with Crippen molar-refractivity contribution in [3.05, 3.63) is 0 Å². The quantitative estimate of drug-likeness (QED) is 0.679. The lowest BCUT2D eigenvalue weighted by molar-refractivity contribution is -0.230. The number of ether oxygens (including phenoxy) is 4. The molecule has 4 atom stereocenters. The number of fused-ring (bicyclic) bond motifs is 1. The molecule has 0 saturated carbocycles. The average molecular weight is 204 g/mol. The topological polar surface area (TPSA) is 57.2 Å². The van der Waals surface area contributed by atoms with Crippen LogP contribution in [0.3, 0.4) is 0 Å². The number of hydrogen-bond donors (Lipinski definition) is 1. The molecule has 0 aromatic rings. The van der Waals surface area contributed by atoms with E-state index in [9.17, 15) is 0 Å². The Balaban J connectivity index is 2.12. The molecule has 2 fully saturated rings. The Labute approximate surface area is 82.9 Å². The normalized spacial score (nSPS) is 45.4. The van der Waals surface area contributed by atoms with Crippen LogP contribution in [0.1, 0.15) is 13.8 Å². The Morgan fingerprint density at radius 3 is 2.50 bits per heavy atom. The first-order valence-electron chi connectivity index (χ1n) is 4.72. The highest BCUT2D eigenvalue weighted by molar-refractivity contribution is 4.94. The molecule has 2 aliphatic rings. The fourth-order valence-corrected chi connectivity index (χ4v) is 1.98. The van der Waals surface area contributed by atoms with Gasteiger partial charge in [0.1, 0.15) is 18.3 Å². The minimum Gasteiger partial charge on any atom is -0.394 e. The van der Waals surface area contributed by atoms with Gasteiger partial charge in [-0.25, -0.2) is 0 Å². The number of rotatable bonds is 2. The van der Waals surface area contributed by atoms with E-state index in [4.69, 9.17) is 24.1 Å². The van der Waals surface area contributed by atoms with Crippen molar-refractivity contribution >= 4 is 0 Å². The summed E-state index contributed by atoms with van der Waals surface area (Å²) in [5.41, 5.74) is 0. The van der Waals surface area contributed by atoms with Gasteiger partial charge in [0, 0.05) is 7.11 Å². The van der Waals surface area contributed by atoms with Crippen molar-refractivity contribution in [3.63, 3.8) is 0 Å². The third kappa shape index (κ3) is 1.55. The van der Waals surface area contributed by atoms with Crippen LogP contribution < -0.4 is 0 Å². The Bertz CT molecular complexity index is 197. The molecule has 82 valence electrons. The summed E-state index contributed by atoms with van der Waals surface area (Å²) in [5.74, 6) is -0.622. The molecule has 0 radical (unpaired) electrons. The monoisotopic (exact) mass is 204 g/mol. The van der Waals surface area contributed by atoms with E-state index >= 15 is 0 Å². The largest absolute Gasteiger partial charge is 0.394 e. The number of aliphatic hydroxyl groups excluding tert-OH is 1. The molecule has 2 unspecified atom stereocenters. The summed E-state index contributed by atoms with van der Waals surface area (Å²) in [4.78, 5) is 0. The molecule has 0 aliphatic carbocycles. The van der Waals surface area contributed by atoms with Crippen molar-refractivity contribution in [3.8, 4) is 0 Å². The predicted octanol–water partition coefficient (Wildman–Crippen LogP) is -0.130. The van der Waals surface area contributed by atoms with Crippen molar-refractivity contribution in [2.75, 3.05) is 13.7 Å². The lowest BCUT2D eigenvalue weighted by atomic mass is 10.1. The van der Waals surface area contributed by atoms with Crippen LogP contribution in [0.2, 0.25) is 0 Å². The van der Waals surface area contributed by atoms with E-state index in [1.54, 1.807) is 7.11 Å². The molecule has 0 amide bonds. The van der Waals surface area contributed by atoms with Gasteiger partial charge in [0.05, 0.1) is 6.61 Å². The summed E-state index contributed by atoms with van der Waals surface area (Å²) in [6.45, 7) is 3.60. The van der Waals surface area contributed by atoms with Gasteiger partial charge in [0.25, 0.3) is 0 Å². The molecule has 0 aromatic carbocycles. The number of aliphatic hydroxyl groups is 1. The maximum absolute atomic E-state index is 9.08. The van der Waals surface area contributed by atoms with Gasteiger partial charge in [-0.2, -0.15) is 0 Å². The van der Waals surface area contributed by atoms with E-state index in [1.165, 1.54) is 0 Å². The van der Waals surface area contributed by atoms with E-state index in [2.05, 4.69) is 0 Å².